The molecule has 0 aliphatic carbocycles. The third-order valence-electron chi connectivity index (χ3n) is 5.33. The number of aromatic nitrogens is 1. The van der Waals surface area contributed by atoms with Gasteiger partial charge in [0.1, 0.15) is 18.0 Å². The molecule has 1 aliphatic rings. The van der Waals surface area contributed by atoms with Crippen LogP contribution in [0.1, 0.15) is 16.1 Å². The first-order valence-corrected chi connectivity index (χ1v) is 10.3. The molecule has 0 spiro atoms. The molecule has 0 atom stereocenters. The van der Waals surface area contributed by atoms with Crippen LogP contribution in [0.3, 0.4) is 0 Å². The number of rotatable bonds is 4. The fraction of sp³-hybridized carbons (Fsp3) is 0.120. The number of nitrogens with zero attached hydrogens (tertiary/aromatic N) is 2. The second-order valence-electron chi connectivity index (χ2n) is 7.60. The number of carbonyl (C=O) groups is 3. The van der Waals surface area contributed by atoms with Gasteiger partial charge in [-0.25, -0.2) is 9.78 Å². The van der Waals surface area contributed by atoms with Crippen LogP contribution in [0.25, 0.3) is 22.4 Å². The van der Waals surface area contributed by atoms with Crippen molar-refractivity contribution >= 4 is 40.1 Å². The summed E-state index contributed by atoms with van der Waals surface area (Å²) in [5.41, 5.74) is 2.45. The molecule has 0 bridgehead atoms. The molecule has 4 aromatic rings. The number of ether oxygens (including phenoxy) is 1. The quantitative estimate of drug-likeness (QED) is 0.481. The van der Waals surface area contributed by atoms with Gasteiger partial charge in [-0.15, -0.1) is 0 Å². The minimum absolute atomic E-state index is 0.145. The third-order valence-corrected chi connectivity index (χ3v) is 5.33. The van der Waals surface area contributed by atoms with Gasteiger partial charge >= 0.3 is 5.97 Å². The zero-order valence-corrected chi connectivity index (χ0v) is 17.7. The maximum Gasteiger partial charge on any atom is 0.339 e. The number of fused-ring (bicyclic) bond motifs is 2. The van der Waals surface area contributed by atoms with Crippen LogP contribution < -0.4 is 10.2 Å². The van der Waals surface area contributed by atoms with Crippen LogP contribution in [-0.4, -0.2) is 35.9 Å². The molecule has 8 heteroatoms. The Hall–Kier alpha value is -4.46. The average Bonchev–Trinajstić information content (AvgIpc) is 3.27. The molecule has 2 amide bonds. The van der Waals surface area contributed by atoms with Crippen molar-refractivity contribution in [3.63, 3.8) is 0 Å². The Balaban J connectivity index is 1.41. The topological polar surface area (TPSA) is 102 Å². The molecule has 0 radical (unpaired) electrons. The lowest BCUT2D eigenvalue weighted by atomic mass is 10.1. The number of carbonyl (C=O) groups excluding carboxylic acids is 3. The number of amides is 2. The van der Waals surface area contributed by atoms with Crippen LogP contribution in [0.5, 0.6) is 0 Å². The standard InChI is InChI=1S/C25H19N3O5/c1-15-10-11-22(33-15)20-12-17(16-6-2-3-7-18(16)26-20)25(31)32-14-24(30)28-13-23(29)27-19-8-4-5-9-21(19)28/h2-12H,13-14H2,1H3,(H,27,29). The highest BCUT2D eigenvalue weighted by atomic mass is 16.5. The molecule has 0 saturated carbocycles. The van der Waals surface area contributed by atoms with E-state index in [0.717, 1.165) is 5.76 Å². The van der Waals surface area contributed by atoms with E-state index in [1.54, 1.807) is 54.6 Å². The molecule has 0 fully saturated rings. The number of benzene rings is 2. The van der Waals surface area contributed by atoms with Gasteiger partial charge < -0.3 is 14.5 Å². The third kappa shape index (κ3) is 3.94. The summed E-state index contributed by atoms with van der Waals surface area (Å²) in [4.78, 5) is 43.7. The molecular formula is C25H19N3O5. The minimum atomic E-state index is -0.666. The van der Waals surface area contributed by atoms with Gasteiger partial charge in [-0.3, -0.25) is 14.5 Å². The summed E-state index contributed by atoms with van der Waals surface area (Å²) in [5.74, 6) is -0.223. The molecule has 164 valence electrons. The number of pyridine rings is 1. The SMILES string of the molecule is Cc1ccc(-c2cc(C(=O)OCC(=O)N3CC(=O)Nc4ccccc43)c3ccccc3n2)o1. The van der Waals surface area contributed by atoms with Crippen LogP contribution in [0.2, 0.25) is 0 Å². The average molecular weight is 441 g/mol. The van der Waals surface area contributed by atoms with Crippen molar-refractivity contribution in [2.75, 3.05) is 23.4 Å². The van der Waals surface area contributed by atoms with E-state index < -0.39 is 18.5 Å². The van der Waals surface area contributed by atoms with Crippen LogP contribution in [0.15, 0.2) is 71.1 Å². The Morgan fingerprint density at radius 2 is 1.88 bits per heavy atom. The van der Waals surface area contributed by atoms with Gasteiger partial charge in [0.2, 0.25) is 5.91 Å². The maximum atomic E-state index is 13.0. The Morgan fingerprint density at radius 1 is 1.09 bits per heavy atom. The predicted molar refractivity (Wildman–Crippen MR) is 122 cm³/mol. The number of hydrogen-bond acceptors (Lipinski definition) is 6. The second kappa shape index (κ2) is 8.23. The summed E-state index contributed by atoms with van der Waals surface area (Å²) in [7, 11) is 0. The van der Waals surface area contributed by atoms with Gasteiger partial charge in [0.15, 0.2) is 12.4 Å². The molecule has 1 aliphatic heterocycles. The van der Waals surface area contributed by atoms with Crippen LogP contribution in [0, 0.1) is 6.92 Å². The normalized spacial score (nSPS) is 12.9. The lowest BCUT2D eigenvalue weighted by Gasteiger charge is -2.28. The molecule has 0 unspecified atom stereocenters. The van der Waals surface area contributed by atoms with E-state index >= 15 is 0 Å². The Labute approximate surface area is 188 Å². The van der Waals surface area contributed by atoms with Gasteiger partial charge in [0.25, 0.3) is 5.91 Å². The van der Waals surface area contributed by atoms with E-state index in [9.17, 15) is 14.4 Å². The van der Waals surface area contributed by atoms with Crippen LogP contribution in [-0.2, 0) is 14.3 Å². The number of esters is 1. The zero-order chi connectivity index (χ0) is 22.9. The molecule has 0 saturated heterocycles. The van der Waals surface area contributed by atoms with Crippen molar-refractivity contribution in [3.05, 3.63) is 78.1 Å². The highest BCUT2D eigenvalue weighted by molar-refractivity contribution is 6.11. The highest BCUT2D eigenvalue weighted by Crippen LogP contribution is 2.29. The van der Waals surface area contributed by atoms with E-state index in [1.807, 2.05) is 19.1 Å². The number of nitrogens with one attached hydrogen (secondary N) is 1. The summed E-state index contributed by atoms with van der Waals surface area (Å²) in [5, 5.41) is 3.32. The number of furan rings is 1. The molecule has 8 nitrogen and oxygen atoms in total. The summed E-state index contributed by atoms with van der Waals surface area (Å²) >= 11 is 0. The number of hydrogen-bond donors (Lipinski definition) is 1. The monoisotopic (exact) mass is 441 g/mol. The van der Waals surface area contributed by atoms with Crippen LogP contribution >= 0.6 is 0 Å². The van der Waals surface area contributed by atoms with Crippen molar-refractivity contribution in [2.45, 2.75) is 6.92 Å². The molecular weight excluding hydrogens is 422 g/mol. The van der Waals surface area contributed by atoms with Crippen molar-refractivity contribution in [3.8, 4) is 11.5 Å². The largest absolute Gasteiger partial charge is 0.460 e. The van der Waals surface area contributed by atoms with Crippen molar-refractivity contribution in [2.24, 2.45) is 0 Å². The molecule has 2 aromatic carbocycles. The van der Waals surface area contributed by atoms with E-state index in [1.165, 1.54) is 4.90 Å². The van der Waals surface area contributed by atoms with Gasteiger partial charge in [0, 0.05) is 5.39 Å². The second-order valence-corrected chi connectivity index (χ2v) is 7.60. The highest BCUT2D eigenvalue weighted by Gasteiger charge is 2.27. The van der Waals surface area contributed by atoms with Gasteiger partial charge in [0.05, 0.1) is 22.5 Å². The van der Waals surface area contributed by atoms with Crippen LogP contribution in [0.4, 0.5) is 11.4 Å². The lowest BCUT2D eigenvalue weighted by molar-refractivity contribution is -0.124. The summed E-state index contributed by atoms with van der Waals surface area (Å²) in [6.07, 6.45) is 0. The van der Waals surface area contributed by atoms with E-state index in [-0.39, 0.29) is 18.0 Å². The first-order valence-electron chi connectivity index (χ1n) is 10.3. The molecule has 5 rings (SSSR count). The van der Waals surface area contributed by atoms with Crippen molar-refractivity contribution in [1.82, 2.24) is 4.98 Å². The molecule has 2 aromatic heterocycles. The lowest BCUT2D eigenvalue weighted by Crippen LogP contribution is -2.44. The first kappa shape index (κ1) is 20.4. The Kier molecular flexibility index (Phi) is 5.10. The van der Waals surface area contributed by atoms with Crippen molar-refractivity contribution in [1.29, 1.82) is 0 Å². The van der Waals surface area contributed by atoms with Gasteiger partial charge in [-0.1, -0.05) is 30.3 Å². The Bertz CT molecular complexity index is 1410. The minimum Gasteiger partial charge on any atom is -0.460 e. The molecule has 3 heterocycles. The van der Waals surface area contributed by atoms with E-state index in [0.29, 0.717) is 33.7 Å². The molecule has 1 N–H and O–H groups in total. The van der Waals surface area contributed by atoms with Gasteiger partial charge in [-0.2, -0.15) is 0 Å². The Morgan fingerprint density at radius 3 is 2.70 bits per heavy atom. The number of para-hydroxylation sites is 3. The fourth-order valence-corrected chi connectivity index (χ4v) is 3.78. The van der Waals surface area contributed by atoms with Gasteiger partial charge in [-0.05, 0) is 43.3 Å². The smallest absolute Gasteiger partial charge is 0.339 e. The number of aryl methyl sites for hydroxylation is 1. The van der Waals surface area contributed by atoms with E-state index in [2.05, 4.69) is 10.3 Å². The summed E-state index contributed by atoms with van der Waals surface area (Å²) < 4.78 is 11.0. The molecule has 33 heavy (non-hydrogen) atoms. The fourth-order valence-electron chi connectivity index (χ4n) is 3.78. The summed E-state index contributed by atoms with van der Waals surface area (Å²) in [6, 6.07) is 19.3. The van der Waals surface area contributed by atoms with Crippen molar-refractivity contribution < 1.29 is 23.5 Å². The maximum absolute atomic E-state index is 13.0. The zero-order valence-electron chi connectivity index (χ0n) is 17.7. The number of anilines is 2. The summed E-state index contributed by atoms with van der Waals surface area (Å²) in [6.45, 7) is 1.17. The predicted octanol–water partition coefficient (Wildman–Crippen LogP) is 3.95. The van der Waals surface area contributed by atoms with E-state index in [4.69, 9.17) is 9.15 Å². The first-order chi connectivity index (χ1) is 16.0.